The Morgan fingerprint density at radius 2 is 1.44 bits per heavy atom. The number of rotatable bonds is 8. The molecule has 8 heteroatoms. The molecule has 0 aliphatic rings. The van der Waals surface area contributed by atoms with E-state index < -0.39 is 41.7 Å². The van der Waals surface area contributed by atoms with Crippen LogP contribution >= 0.6 is 0 Å². The lowest BCUT2D eigenvalue weighted by Gasteiger charge is -2.31. The lowest BCUT2D eigenvalue weighted by atomic mass is 10.0. The fourth-order valence-corrected chi connectivity index (χ4v) is 3.20. The number of hydrogen-bond acceptors (Lipinski definition) is 7. The minimum atomic E-state index is -1.37. The summed E-state index contributed by atoms with van der Waals surface area (Å²) in [5.41, 5.74) is 0.190. The zero-order chi connectivity index (χ0) is 25.3. The molecular weight excluding hydrogens is 438 g/mol. The van der Waals surface area contributed by atoms with Gasteiger partial charge in [-0.15, -0.1) is 0 Å². The second-order valence-corrected chi connectivity index (χ2v) is 8.55. The molecule has 0 saturated heterocycles. The number of carbonyl (C=O) groups is 4. The molecule has 0 bridgehead atoms. The first-order chi connectivity index (χ1) is 16.0. The SMILES string of the molecule is CCOC(=O)[C@@H](OC(=O)[C@H](Cc1ccccc1)N(C(C)=O)C(=O)OC(C)(C)C)c1ccccc1. The predicted molar refractivity (Wildman–Crippen MR) is 125 cm³/mol. The van der Waals surface area contributed by atoms with Crippen molar-refractivity contribution in [2.24, 2.45) is 0 Å². The first-order valence-corrected chi connectivity index (χ1v) is 11.0. The third-order valence-electron chi connectivity index (χ3n) is 4.62. The number of nitrogens with zero attached hydrogens (tertiary/aromatic N) is 1. The Hall–Kier alpha value is -3.68. The minimum absolute atomic E-state index is 0.0250. The third-order valence-corrected chi connectivity index (χ3v) is 4.62. The summed E-state index contributed by atoms with van der Waals surface area (Å²) >= 11 is 0. The van der Waals surface area contributed by atoms with Gasteiger partial charge in [-0.25, -0.2) is 19.3 Å². The lowest BCUT2D eigenvalue weighted by Crippen LogP contribution is -2.51. The quantitative estimate of drug-likeness (QED) is 0.421. The summed E-state index contributed by atoms with van der Waals surface area (Å²) in [6, 6.07) is 15.9. The van der Waals surface area contributed by atoms with Crippen LogP contribution in [0.25, 0.3) is 0 Å². The van der Waals surface area contributed by atoms with Crippen LogP contribution in [0.15, 0.2) is 60.7 Å². The molecule has 0 fully saturated rings. The molecule has 0 spiro atoms. The van der Waals surface area contributed by atoms with Crippen molar-refractivity contribution in [3.63, 3.8) is 0 Å². The van der Waals surface area contributed by atoms with Crippen LogP contribution in [0.2, 0.25) is 0 Å². The van der Waals surface area contributed by atoms with Crippen molar-refractivity contribution >= 4 is 23.9 Å². The number of ether oxygens (including phenoxy) is 3. The zero-order valence-electron chi connectivity index (χ0n) is 20.1. The lowest BCUT2D eigenvalue weighted by molar-refractivity contribution is -0.172. The second kappa shape index (κ2) is 12.0. The molecule has 2 aromatic rings. The molecule has 8 nitrogen and oxygen atoms in total. The average molecular weight is 470 g/mol. The van der Waals surface area contributed by atoms with Gasteiger partial charge in [0, 0.05) is 18.9 Å². The molecule has 0 aliphatic heterocycles. The molecule has 0 heterocycles. The van der Waals surface area contributed by atoms with Gasteiger partial charge in [0.05, 0.1) is 6.61 Å². The van der Waals surface area contributed by atoms with E-state index in [0.717, 1.165) is 11.8 Å². The van der Waals surface area contributed by atoms with Crippen LogP contribution in [-0.2, 0) is 35.0 Å². The van der Waals surface area contributed by atoms with Gasteiger partial charge in [0.2, 0.25) is 12.0 Å². The molecule has 0 aromatic heterocycles. The van der Waals surface area contributed by atoms with E-state index in [1.807, 2.05) is 0 Å². The summed E-state index contributed by atoms with van der Waals surface area (Å²) in [6.07, 6.45) is -2.37. The maximum atomic E-state index is 13.4. The van der Waals surface area contributed by atoms with Crippen molar-refractivity contribution in [2.45, 2.75) is 58.8 Å². The number of benzene rings is 2. The molecule has 0 aliphatic carbocycles. The van der Waals surface area contributed by atoms with Crippen molar-refractivity contribution in [1.29, 1.82) is 0 Å². The van der Waals surface area contributed by atoms with E-state index in [0.29, 0.717) is 11.1 Å². The molecule has 0 radical (unpaired) electrons. The van der Waals surface area contributed by atoms with Gasteiger partial charge in [0.15, 0.2) is 0 Å². The topological polar surface area (TPSA) is 99.2 Å². The van der Waals surface area contributed by atoms with Crippen molar-refractivity contribution < 1.29 is 33.4 Å². The van der Waals surface area contributed by atoms with E-state index in [2.05, 4.69) is 0 Å². The number of imide groups is 1. The van der Waals surface area contributed by atoms with E-state index in [4.69, 9.17) is 14.2 Å². The Labute approximate surface area is 199 Å². The zero-order valence-corrected chi connectivity index (χ0v) is 20.1. The fourth-order valence-electron chi connectivity index (χ4n) is 3.20. The summed E-state index contributed by atoms with van der Waals surface area (Å²) in [5, 5.41) is 0. The first-order valence-electron chi connectivity index (χ1n) is 11.0. The van der Waals surface area contributed by atoms with Gasteiger partial charge >= 0.3 is 18.0 Å². The number of hydrogen-bond donors (Lipinski definition) is 0. The maximum absolute atomic E-state index is 13.4. The first kappa shape index (κ1) is 26.6. The molecule has 2 amide bonds. The average Bonchev–Trinajstić information content (AvgIpc) is 2.76. The Morgan fingerprint density at radius 3 is 1.94 bits per heavy atom. The van der Waals surface area contributed by atoms with E-state index in [9.17, 15) is 19.2 Å². The number of amides is 2. The van der Waals surface area contributed by atoms with E-state index in [-0.39, 0.29) is 13.0 Å². The minimum Gasteiger partial charge on any atom is -0.463 e. The van der Waals surface area contributed by atoms with E-state index >= 15 is 0 Å². The number of esters is 2. The standard InChI is InChI=1S/C26H31NO7/c1-6-32-24(30)22(20-15-11-8-12-16-20)33-23(29)21(17-19-13-9-7-10-14-19)27(18(2)28)25(31)34-26(3,4)5/h7-16,21-22H,6,17H2,1-5H3/t21-,22-/m0/s1. The van der Waals surface area contributed by atoms with Gasteiger partial charge in [-0.2, -0.15) is 0 Å². The van der Waals surface area contributed by atoms with Gasteiger partial charge in [-0.3, -0.25) is 4.79 Å². The molecule has 0 N–H and O–H groups in total. The predicted octanol–water partition coefficient (Wildman–Crippen LogP) is 4.23. The molecule has 182 valence electrons. The van der Waals surface area contributed by atoms with Crippen LogP contribution in [0.5, 0.6) is 0 Å². The van der Waals surface area contributed by atoms with Crippen LogP contribution in [0.3, 0.4) is 0 Å². The summed E-state index contributed by atoms with van der Waals surface area (Å²) in [6.45, 7) is 7.85. The van der Waals surface area contributed by atoms with Gasteiger partial charge < -0.3 is 14.2 Å². The largest absolute Gasteiger partial charge is 0.463 e. The summed E-state index contributed by atoms with van der Waals surface area (Å²) in [5.74, 6) is -2.39. The molecule has 34 heavy (non-hydrogen) atoms. The fraction of sp³-hybridized carbons (Fsp3) is 0.385. The Kier molecular flexibility index (Phi) is 9.36. The maximum Gasteiger partial charge on any atom is 0.417 e. The van der Waals surface area contributed by atoms with Crippen LogP contribution in [0.4, 0.5) is 4.79 Å². The van der Waals surface area contributed by atoms with Crippen molar-refractivity contribution in [2.75, 3.05) is 6.61 Å². The number of carbonyl (C=O) groups excluding carboxylic acids is 4. The summed E-state index contributed by atoms with van der Waals surface area (Å²) in [4.78, 5) is 52.2. The highest BCUT2D eigenvalue weighted by atomic mass is 16.6. The Morgan fingerprint density at radius 1 is 0.882 bits per heavy atom. The van der Waals surface area contributed by atoms with Gasteiger partial charge in [-0.05, 0) is 33.3 Å². The molecule has 2 rings (SSSR count). The summed E-state index contributed by atoms with van der Waals surface area (Å²) in [7, 11) is 0. The van der Waals surface area contributed by atoms with E-state index in [1.54, 1.807) is 88.4 Å². The molecular formula is C26H31NO7. The molecule has 0 unspecified atom stereocenters. The van der Waals surface area contributed by atoms with Crippen molar-refractivity contribution in [3.8, 4) is 0 Å². The van der Waals surface area contributed by atoms with Crippen LogP contribution in [0.1, 0.15) is 51.8 Å². The Bertz CT molecular complexity index is 983. The van der Waals surface area contributed by atoms with Gasteiger partial charge in [0.25, 0.3) is 0 Å². The molecule has 2 aromatic carbocycles. The van der Waals surface area contributed by atoms with Crippen LogP contribution < -0.4 is 0 Å². The highest BCUT2D eigenvalue weighted by Gasteiger charge is 2.39. The summed E-state index contributed by atoms with van der Waals surface area (Å²) < 4.78 is 16.0. The Balaban J connectivity index is 2.44. The highest BCUT2D eigenvalue weighted by molar-refractivity contribution is 5.96. The smallest absolute Gasteiger partial charge is 0.417 e. The normalized spacial score (nSPS) is 12.7. The monoisotopic (exact) mass is 469 g/mol. The van der Waals surface area contributed by atoms with Gasteiger partial charge in [-0.1, -0.05) is 60.7 Å². The van der Waals surface area contributed by atoms with Gasteiger partial charge in [0.1, 0.15) is 11.6 Å². The van der Waals surface area contributed by atoms with Crippen molar-refractivity contribution in [1.82, 2.24) is 4.90 Å². The van der Waals surface area contributed by atoms with Crippen LogP contribution in [-0.4, -0.2) is 47.1 Å². The van der Waals surface area contributed by atoms with E-state index in [1.165, 1.54) is 0 Å². The third kappa shape index (κ3) is 7.72. The van der Waals surface area contributed by atoms with Crippen molar-refractivity contribution in [3.05, 3.63) is 71.8 Å². The second-order valence-electron chi connectivity index (χ2n) is 8.55. The van der Waals surface area contributed by atoms with Crippen LogP contribution in [0, 0.1) is 0 Å². The molecule has 0 saturated carbocycles. The molecule has 2 atom stereocenters. The highest BCUT2D eigenvalue weighted by Crippen LogP contribution is 2.23.